The molecule has 9 heteroatoms. The van der Waals surface area contributed by atoms with Gasteiger partial charge in [-0.1, -0.05) is 27.5 Å². The van der Waals surface area contributed by atoms with Crippen molar-refractivity contribution in [3.63, 3.8) is 0 Å². The normalized spacial score (nSPS) is 20.4. The highest BCUT2D eigenvalue weighted by Crippen LogP contribution is 2.41. The monoisotopic (exact) mass is 508 g/mol. The van der Waals surface area contributed by atoms with Crippen LogP contribution in [0.15, 0.2) is 34.8 Å². The molecule has 2 aliphatic heterocycles. The summed E-state index contributed by atoms with van der Waals surface area (Å²) >= 11 is 9.74. The Labute approximate surface area is 193 Å². The number of urea groups is 1. The van der Waals surface area contributed by atoms with Gasteiger partial charge in [0, 0.05) is 57.0 Å². The molecular formula is C22H23BrClFN4O2. The number of anilines is 1. The third-order valence-corrected chi connectivity index (χ3v) is 6.87. The van der Waals surface area contributed by atoms with Gasteiger partial charge in [-0.25, -0.2) is 9.18 Å². The van der Waals surface area contributed by atoms with E-state index >= 15 is 0 Å². The lowest BCUT2D eigenvalue weighted by Gasteiger charge is -2.45. The average Bonchev–Trinajstić information content (AvgIpc) is 3.02. The van der Waals surface area contributed by atoms with E-state index < -0.39 is 11.9 Å². The first-order valence-corrected chi connectivity index (χ1v) is 11.1. The van der Waals surface area contributed by atoms with E-state index in [2.05, 4.69) is 45.3 Å². The van der Waals surface area contributed by atoms with Crippen LogP contribution in [0.5, 0.6) is 0 Å². The molecule has 164 valence electrons. The van der Waals surface area contributed by atoms with Crippen LogP contribution in [-0.4, -0.2) is 54.0 Å². The maximum atomic E-state index is 13.9. The van der Waals surface area contributed by atoms with Crippen LogP contribution in [0.25, 0.3) is 0 Å². The number of nitrogens with zero attached hydrogens (tertiary/aromatic N) is 2. The number of fused-ring (bicyclic) bond motifs is 1. The summed E-state index contributed by atoms with van der Waals surface area (Å²) < 4.78 is 14.6. The second-order valence-electron chi connectivity index (χ2n) is 8.57. The zero-order valence-corrected chi connectivity index (χ0v) is 19.8. The van der Waals surface area contributed by atoms with Gasteiger partial charge in [0.05, 0.1) is 6.04 Å². The molecular weight excluding hydrogens is 487 g/mol. The molecule has 2 aromatic rings. The lowest BCUT2D eigenvalue weighted by atomic mass is 9.96. The average molecular weight is 510 g/mol. The minimum atomic E-state index is -0.668. The molecule has 2 N–H and O–H groups in total. The molecule has 0 aliphatic carbocycles. The van der Waals surface area contributed by atoms with E-state index in [1.54, 1.807) is 17.0 Å². The summed E-state index contributed by atoms with van der Waals surface area (Å²) in [5, 5.41) is 6.16. The standard InChI is InChI=1S/C22H23BrClFN4O2/c1-22(2)11-29(7-6-28(22)3)21(31)26-17-9-12(23)8-15-18(17)19(27-20(15)30)14-10-13(25)4-5-16(14)24/h4-5,8-10,19H,6-7,11H2,1-3H3,(H,26,31)(H,27,30)/t19-/m0/s1. The molecule has 3 amide bonds. The summed E-state index contributed by atoms with van der Waals surface area (Å²) in [6.45, 7) is 6.11. The molecule has 2 aromatic carbocycles. The van der Waals surface area contributed by atoms with Gasteiger partial charge in [-0.05, 0) is 51.2 Å². The zero-order chi connectivity index (χ0) is 22.5. The largest absolute Gasteiger partial charge is 0.341 e. The van der Waals surface area contributed by atoms with Gasteiger partial charge in [0.1, 0.15) is 5.82 Å². The molecule has 1 saturated heterocycles. The minimum Gasteiger partial charge on any atom is -0.341 e. The Balaban J connectivity index is 1.70. The molecule has 31 heavy (non-hydrogen) atoms. The number of halogens is 3. The van der Waals surface area contributed by atoms with Gasteiger partial charge in [0.15, 0.2) is 0 Å². The summed E-state index contributed by atoms with van der Waals surface area (Å²) in [6, 6.07) is 6.55. The molecule has 6 nitrogen and oxygen atoms in total. The number of hydrogen-bond acceptors (Lipinski definition) is 3. The third kappa shape index (κ3) is 4.16. The number of carbonyl (C=O) groups is 2. The lowest BCUT2D eigenvalue weighted by molar-refractivity contribution is 0.0608. The minimum absolute atomic E-state index is 0.149. The van der Waals surface area contributed by atoms with E-state index in [1.165, 1.54) is 18.2 Å². The SMILES string of the molecule is CN1CCN(C(=O)Nc2cc(Br)cc3c2[C@H](c2cc(F)ccc2Cl)NC3=O)CC1(C)C. The van der Waals surface area contributed by atoms with Crippen molar-refractivity contribution >= 4 is 45.2 Å². The quantitative estimate of drug-likeness (QED) is 0.620. The summed E-state index contributed by atoms with van der Waals surface area (Å²) in [5.74, 6) is -0.762. The lowest BCUT2D eigenvalue weighted by Crippen LogP contribution is -2.59. The van der Waals surface area contributed by atoms with Crippen molar-refractivity contribution in [3.8, 4) is 0 Å². The van der Waals surface area contributed by atoms with Crippen molar-refractivity contribution in [1.29, 1.82) is 0 Å². The predicted octanol–water partition coefficient (Wildman–Crippen LogP) is 4.63. The van der Waals surface area contributed by atoms with Crippen LogP contribution >= 0.6 is 27.5 Å². The molecule has 0 spiro atoms. The summed E-state index contributed by atoms with van der Waals surface area (Å²) in [7, 11) is 2.04. The highest BCUT2D eigenvalue weighted by atomic mass is 79.9. The summed E-state index contributed by atoms with van der Waals surface area (Å²) in [6.07, 6.45) is 0. The van der Waals surface area contributed by atoms with Crippen molar-refractivity contribution in [2.45, 2.75) is 25.4 Å². The van der Waals surface area contributed by atoms with E-state index in [4.69, 9.17) is 11.6 Å². The Bertz CT molecular complexity index is 1080. The van der Waals surface area contributed by atoms with Gasteiger partial charge in [-0.15, -0.1) is 0 Å². The fourth-order valence-corrected chi connectivity index (χ4v) is 4.76. The van der Waals surface area contributed by atoms with Crippen LogP contribution in [0.3, 0.4) is 0 Å². The highest BCUT2D eigenvalue weighted by Gasteiger charge is 2.36. The number of nitrogens with one attached hydrogen (secondary N) is 2. The predicted molar refractivity (Wildman–Crippen MR) is 122 cm³/mol. The van der Waals surface area contributed by atoms with E-state index in [9.17, 15) is 14.0 Å². The van der Waals surface area contributed by atoms with Gasteiger partial charge in [-0.3, -0.25) is 9.69 Å². The molecule has 2 aliphatic rings. The molecule has 0 unspecified atom stereocenters. The molecule has 1 atom stereocenters. The first kappa shape index (κ1) is 22.0. The summed E-state index contributed by atoms with van der Waals surface area (Å²) in [4.78, 5) is 29.8. The fourth-order valence-electron chi connectivity index (χ4n) is 4.08. The molecule has 1 fully saturated rings. The van der Waals surface area contributed by atoms with Crippen molar-refractivity contribution in [2.75, 3.05) is 32.0 Å². The Kier molecular flexibility index (Phi) is 5.74. The number of likely N-dealkylation sites (N-methyl/N-ethyl adjacent to an activating group) is 1. The fraction of sp³-hybridized carbons (Fsp3) is 0.364. The first-order valence-electron chi connectivity index (χ1n) is 9.93. The second-order valence-corrected chi connectivity index (χ2v) is 9.90. The van der Waals surface area contributed by atoms with E-state index in [0.717, 1.165) is 6.54 Å². The van der Waals surface area contributed by atoms with Crippen LogP contribution < -0.4 is 10.6 Å². The molecule has 0 saturated carbocycles. The Morgan fingerprint density at radius 3 is 2.74 bits per heavy atom. The summed E-state index contributed by atoms with van der Waals surface area (Å²) in [5.41, 5.74) is 1.75. The van der Waals surface area contributed by atoms with Gasteiger partial charge in [0.25, 0.3) is 5.91 Å². The highest BCUT2D eigenvalue weighted by molar-refractivity contribution is 9.10. The van der Waals surface area contributed by atoms with Crippen molar-refractivity contribution < 1.29 is 14.0 Å². The van der Waals surface area contributed by atoms with E-state index in [1.807, 2.05) is 7.05 Å². The van der Waals surface area contributed by atoms with Gasteiger partial charge < -0.3 is 15.5 Å². The van der Waals surface area contributed by atoms with Gasteiger partial charge >= 0.3 is 6.03 Å². The van der Waals surface area contributed by atoms with Crippen molar-refractivity contribution in [3.05, 3.63) is 62.3 Å². The molecule has 4 rings (SSSR count). The Morgan fingerprint density at radius 2 is 2.03 bits per heavy atom. The molecule has 0 aromatic heterocycles. The maximum Gasteiger partial charge on any atom is 0.321 e. The topological polar surface area (TPSA) is 64.7 Å². The number of piperazine rings is 1. The van der Waals surface area contributed by atoms with Crippen LogP contribution in [-0.2, 0) is 0 Å². The molecule has 2 heterocycles. The third-order valence-electron chi connectivity index (χ3n) is 6.07. The van der Waals surface area contributed by atoms with Crippen molar-refractivity contribution in [2.24, 2.45) is 0 Å². The van der Waals surface area contributed by atoms with E-state index in [-0.39, 0.29) is 17.5 Å². The van der Waals surface area contributed by atoms with Crippen molar-refractivity contribution in [1.82, 2.24) is 15.1 Å². The first-order chi connectivity index (χ1) is 14.6. The Hall–Kier alpha value is -2.16. The van der Waals surface area contributed by atoms with Gasteiger partial charge in [-0.2, -0.15) is 0 Å². The smallest absolute Gasteiger partial charge is 0.321 e. The molecule has 0 radical (unpaired) electrons. The Morgan fingerprint density at radius 1 is 1.29 bits per heavy atom. The number of benzene rings is 2. The van der Waals surface area contributed by atoms with Crippen LogP contribution in [0.1, 0.15) is 41.4 Å². The maximum absolute atomic E-state index is 13.9. The van der Waals surface area contributed by atoms with Crippen LogP contribution in [0, 0.1) is 5.82 Å². The van der Waals surface area contributed by atoms with Crippen LogP contribution in [0.2, 0.25) is 5.02 Å². The van der Waals surface area contributed by atoms with Crippen LogP contribution in [0.4, 0.5) is 14.9 Å². The number of carbonyl (C=O) groups excluding carboxylic acids is 2. The van der Waals surface area contributed by atoms with E-state index in [0.29, 0.717) is 45.0 Å². The number of amides is 3. The number of hydrogen-bond donors (Lipinski definition) is 2. The van der Waals surface area contributed by atoms with Gasteiger partial charge in [0.2, 0.25) is 0 Å². The molecule has 0 bridgehead atoms. The second kappa shape index (κ2) is 8.07. The number of rotatable bonds is 2. The zero-order valence-electron chi connectivity index (χ0n) is 17.4.